The molecule has 0 aromatic heterocycles. The van der Waals surface area contributed by atoms with Crippen LogP contribution in [0.4, 0.5) is 0 Å². The summed E-state index contributed by atoms with van der Waals surface area (Å²) in [6, 6.07) is 48.8. The van der Waals surface area contributed by atoms with E-state index in [1.54, 1.807) is 0 Å². The van der Waals surface area contributed by atoms with Gasteiger partial charge < -0.3 is 0 Å². The molecule has 0 bridgehead atoms. The third-order valence-electron chi connectivity index (χ3n) is 8.17. The number of nitrogens with one attached hydrogen (secondary N) is 1. The molecule has 5 aromatic rings. The van der Waals surface area contributed by atoms with Gasteiger partial charge in [0.2, 0.25) is 0 Å². The number of Topliss-reactive ketones (excluding diaryl/α,β-unsaturated/α-hetero) is 1. The van der Waals surface area contributed by atoms with Crippen molar-refractivity contribution in [3.8, 4) is 0 Å². The van der Waals surface area contributed by atoms with Gasteiger partial charge in [0.1, 0.15) is 0 Å². The molecule has 2 heterocycles. The summed E-state index contributed by atoms with van der Waals surface area (Å²) in [5.74, 6) is -0.0388. The Kier molecular flexibility index (Phi) is 5.38. The molecule has 1 unspecified atom stereocenters. The molecule has 7 rings (SSSR count). The first-order valence-corrected chi connectivity index (χ1v) is 15.4. The Morgan fingerprint density at radius 1 is 0.575 bits per heavy atom. The zero-order valence-electron chi connectivity index (χ0n) is 21.6. The number of hydrogen-bond donors (Lipinski definition) is 1. The summed E-state index contributed by atoms with van der Waals surface area (Å²) in [6.45, 7) is -4.38. The number of β-lactam (4-membered cyclic amide) rings is 1. The zero-order valence-corrected chi connectivity index (χ0v) is 22.5. The van der Waals surface area contributed by atoms with E-state index in [9.17, 15) is 4.79 Å². The standard InChI is InChI=1S/C35H26NO3P/c37-33(27-18-8-2-9-19-27)35-31(34(38)36-35)32(26-16-6-1-7-17-26)39-40(35,28-20-10-3-11-21-28,29-22-12-4-13-23-29)30-24-14-5-15-25-30/h1-25H,(H,36,38). The molecule has 1 fully saturated rings. The Morgan fingerprint density at radius 2 is 0.975 bits per heavy atom. The van der Waals surface area contributed by atoms with Crippen molar-refractivity contribution >= 4 is 40.2 Å². The molecule has 0 radical (unpaired) electrons. The molecule has 5 heteroatoms. The number of carbonyl (C=O) groups excluding carboxylic acids is 2. The van der Waals surface area contributed by atoms with Crippen LogP contribution in [0.15, 0.2) is 157 Å². The molecule has 194 valence electrons. The second-order valence-corrected chi connectivity index (χ2v) is 14.5. The van der Waals surface area contributed by atoms with Gasteiger partial charge in [-0.1, -0.05) is 0 Å². The third kappa shape index (κ3) is 2.84. The summed E-state index contributed by atoms with van der Waals surface area (Å²) in [4.78, 5) is 29.0. The summed E-state index contributed by atoms with van der Waals surface area (Å²) < 4.78 is 7.59. The summed E-state index contributed by atoms with van der Waals surface area (Å²) in [6.07, 6.45) is 0. The Bertz CT molecular complexity index is 1670. The van der Waals surface area contributed by atoms with E-state index in [0.29, 0.717) is 16.9 Å². The van der Waals surface area contributed by atoms with Crippen LogP contribution in [-0.2, 0) is 9.32 Å². The minimum atomic E-state index is -4.38. The molecule has 5 aromatic carbocycles. The third-order valence-corrected chi connectivity index (χ3v) is 14.4. The quantitative estimate of drug-likeness (QED) is 0.174. The van der Waals surface area contributed by atoms with Crippen LogP contribution in [0.1, 0.15) is 15.9 Å². The molecule has 0 aliphatic carbocycles. The molecule has 0 spiro atoms. The van der Waals surface area contributed by atoms with Crippen LogP contribution in [0.2, 0.25) is 0 Å². The molecule has 1 amide bonds. The summed E-state index contributed by atoms with van der Waals surface area (Å²) in [5, 5.41) is 4.32. The van der Waals surface area contributed by atoms with E-state index in [0.717, 1.165) is 21.5 Å². The van der Waals surface area contributed by atoms with E-state index < -0.39 is 12.1 Å². The molecular formula is C35H26NO3P. The van der Waals surface area contributed by atoms with Gasteiger partial charge in [-0.3, -0.25) is 0 Å². The molecule has 2 aliphatic rings. The number of fused-ring (bicyclic) bond motifs is 1. The second kappa shape index (κ2) is 8.87. The molecule has 1 saturated heterocycles. The van der Waals surface area contributed by atoms with Crippen LogP contribution in [-0.4, -0.2) is 17.0 Å². The molecular weight excluding hydrogens is 513 g/mol. The normalized spacial score (nSPS) is 21.1. The monoisotopic (exact) mass is 539 g/mol. The summed E-state index contributed by atoms with van der Waals surface area (Å²) in [5.41, 5.74) is 1.64. The van der Waals surface area contributed by atoms with Crippen molar-refractivity contribution in [1.82, 2.24) is 5.32 Å². The fourth-order valence-electron chi connectivity index (χ4n) is 6.55. The van der Waals surface area contributed by atoms with E-state index in [1.165, 1.54) is 0 Å². The van der Waals surface area contributed by atoms with Crippen LogP contribution in [0.3, 0.4) is 0 Å². The van der Waals surface area contributed by atoms with Crippen molar-refractivity contribution in [2.45, 2.75) is 5.28 Å². The van der Waals surface area contributed by atoms with Gasteiger partial charge in [0, 0.05) is 0 Å². The van der Waals surface area contributed by atoms with Gasteiger partial charge in [-0.15, -0.1) is 0 Å². The van der Waals surface area contributed by atoms with Crippen molar-refractivity contribution in [2.75, 3.05) is 0 Å². The molecule has 1 atom stereocenters. The van der Waals surface area contributed by atoms with E-state index in [2.05, 4.69) is 5.32 Å². The molecule has 40 heavy (non-hydrogen) atoms. The molecule has 1 N–H and O–H groups in total. The van der Waals surface area contributed by atoms with E-state index in [-0.39, 0.29) is 11.7 Å². The van der Waals surface area contributed by atoms with Crippen molar-refractivity contribution in [2.24, 2.45) is 0 Å². The summed E-state index contributed by atoms with van der Waals surface area (Å²) in [7, 11) is 0. The Morgan fingerprint density at radius 3 is 1.40 bits per heavy atom. The predicted molar refractivity (Wildman–Crippen MR) is 161 cm³/mol. The number of carbonyl (C=O) groups is 2. The van der Waals surface area contributed by atoms with Crippen molar-refractivity contribution in [3.05, 3.63) is 168 Å². The van der Waals surface area contributed by atoms with Crippen molar-refractivity contribution < 1.29 is 14.1 Å². The van der Waals surface area contributed by atoms with Gasteiger partial charge >= 0.3 is 233 Å². The van der Waals surface area contributed by atoms with Gasteiger partial charge in [-0.2, -0.15) is 0 Å². The molecule has 2 aliphatic heterocycles. The van der Waals surface area contributed by atoms with Crippen molar-refractivity contribution in [1.29, 1.82) is 0 Å². The van der Waals surface area contributed by atoms with Gasteiger partial charge in [0.05, 0.1) is 0 Å². The van der Waals surface area contributed by atoms with Gasteiger partial charge in [0.15, 0.2) is 0 Å². The van der Waals surface area contributed by atoms with Crippen LogP contribution in [0.25, 0.3) is 5.76 Å². The average Bonchev–Trinajstić information content (AvgIpc) is 3.27. The van der Waals surface area contributed by atoms with E-state index in [1.807, 2.05) is 152 Å². The maximum atomic E-state index is 15.2. The fraction of sp³-hybridized carbons (Fsp3) is 0.0286. The second-order valence-electron chi connectivity index (χ2n) is 10.1. The van der Waals surface area contributed by atoms with E-state index in [4.69, 9.17) is 4.52 Å². The number of amides is 1. The first-order chi connectivity index (χ1) is 19.6. The van der Waals surface area contributed by atoms with Crippen molar-refractivity contribution in [3.63, 3.8) is 0 Å². The van der Waals surface area contributed by atoms with Crippen LogP contribution in [0, 0.1) is 0 Å². The number of hydrogen-bond acceptors (Lipinski definition) is 3. The zero-order chi connectivity index (χ0) is 27.2. The van der Waals surface area contributed by atoms with Gasteiger partial charge in [-0.25, -0.2) is 0 Å². The van der Waals surface area contributed by atoms with Gasteiger partial charge in [-0.05, 0) is 0 Å². The number of rotatable bonds is 6. The first kappa shape index (κ1) is 24.3. The SMILES string of the molecule is O=C1NC2(C(=O)c3ccccc3)C1=C(c1ccccc1)OP2(c1ccccc1)(c1ccccc1)c1ccccc1. The predicted octanol–water partition coefficient (Wildman–Crippen LogP) is 5.58. The topological polar surface area (TPSA) is 55.4 Å². The number of ketones is 1. The number of benzene rings is 5. The van der Waals surface area contributed by atoms with Crippen LogP contribution >= 0.6 is 6.83 Å². The van der Waals surface area contributed by atoms with Crippen LogP contribution in [0.5, 0.6) is 0 Å². The first-order valence-electron chi connectivity index (χ1n) is 13.2. The van der Waals surface area contributed by atoms with Gasteiger partial charge in [0.25, 0.3) is 0 Å². The summed E-state index contributed by atoms with van der Waals surface area (Å²) >= 11 is 0. The van der Waals surface area contributed by atoms with Crippen LogP contribution < -0.4 is 21.2 Å². The Labute approximate surface area is 233 Å². The molecule has 0 saturated carbocycles. The fourth-order valence-corrected chi connectivity index (χ4v) is 13.3. The Hall–Kier alpha value is -4.79. The average molecular weight is 540 g/mol. The van der Waals surface area contributed by atoms with E-state index >= 15 is 4.79 Å². The maximum absolute atomic E-state index is 15.2. The Balaban J connectivity index is 1.73. The minimum absolute atomic E-state index is 0.192. The molecule has 4 nitrogen and oxygen atoms in total.